The molecular weight excluding hydrogens is 244 g/mol. The van der Waals surface area contributed by atoms with Gasteiger partial charge >= 0.3 is 0 Å². The fraction of sp³-hybridized carbons (Fsp3) is 0.500. The first-order valence-corrected chi connectivity index (χ1v) is 5.92. The molecule has 0 amide bonds. The Morgan fingerprint density at radius 2 is 2.36 bits per heavy atom. The highest BCUT2D eigenvalue weighted by Gasteiger charge is 2.04. The van der Waals surface area contributed by atoms with Gasteiger partial charge in [-0.15, -0.1) is 11.3 Å². The molecule has 0 fully saturated rings. The average Bonchev–Trinajstić information content (AvgIpc) is 2.32. The second kappa shape index (κ2) is 4.48. The van der Waals surface area contributed by atoms with E-state index in [2.05, 4.69) is 28.9 Å². The molecule has 0 unspecified atom stereocenters. The number of aryl methyl sites for hydroxylation is 1. The van der Waals surface area contributed by atoms with Gasteiger partial charge < -0.3 is 0 Å². The second-order valence-electron chi connectivity index (χ2n) is 2.37. The molecule has 1 aromatic rings. The Kier molecular flexibility index (Phi) is 3.90. The summed E-state index contributed by atoms with van der Waals surface area (Å²) in [7, 11) is 0. The van der Waals surface area contributed by atoms with Gasteiger partial charge in [0, 0.05) is 15.1 Å². The maximum atomic E-state index is 5.96. The zero-order valence-electron chi connectivity index (χ0n) is 6.36. The predicted octanol–water partition coefficient (Wildman–Crippen LogP) is 4.25. The van der Waals surface area contributed by atoms with E-state index in [-0.39, 0.29) is 0 Å². The number of rotatable bonds is 3. The van der Waals surface area contributed by atoms with E-state index in [1.54, 1.807) is 11.3 Å². The van der Waals surface area contributed by atoms with Crippen molar-refractivity contribution in [2.45, 2.75) is 25.1 Å². The summed E-state index contributed by atoms with van der Waals surface area (Å²) in [5.74, 6) is 0. The standard InChI is InChI=1S/C8H10BrClS/c1-2-3-6-4-7(10)8(5-9)11-6/h4H,2-3,5H2,1H3. The maximum absolute atomic E-state index is 5.96. The summed E-state index contributed by atoms with van der Waals surface area (Å²) in [6, 6.07) is 2.08. The number of hydrogen-bond donors (Lipinski definition) is 0. The molecule has 0 atom stereocenters. The van der Waals surface area contributed by atoms with Gasteiger partial charge in [0.05, 0.1) is 5.02 Å². The number of alkyl halides is 1. The zero-order valence-corrected chi connectivity index (χ0v) is 9.52. The molecule has 0 aliphatic heterocycles. The summed E-state index contributed by atoms with van der Waals surface area (Å²) in [4.78, 5) is 2.64. The Balaban J connectivity index is 2.77. The average molecular weight is 254 g/mol. The monoisotopic (exact) mass is 252 g/mol. The van der Waals surface area contributed by atoms with Crippen LogP contribution >= 0.6 is 38.9 Å². The highest BCUT2D eigenvalue weighted by atomic mass is 79.9. The van der Waals surface area contributed by atoms with Crippen molar-refractivity contribution < 1.29 is 0 Å². The Bertz CT molecular complexity index is 232. The lowest BCUT2D eigenvalue weighted by Gasteiger charge is -1.87. The van der Waals surface area contributed by atoms with Crippen LogP contribution < -0.4 is 0 Å². The maximum Gasteiger partial charge on any atom is 0.0556 e. The van der Waals surface area contributed by atoms with Crippen LogP contribution in [0.5, 0.6) is 0 Å². The molecule has 11 heavy (non-hydrogen) atoms. The van der Waals surface area contributed by atoms with Crippen LogP contribution in [0.25, 0.3) is 0 Å². The van der Waals surface area contributed by atoms with Crippen molar-refractivity contribution in [2.24, 2.45) is 0 Å². The molecule has 0 aliphatic rings. The van der Waals surface area contributed by atoms with E-state index < -0.39 is 0 Å². The summed E-state index contributed by atoms with van der Waals surface area (Å²) in [6.07, 6.45) is 2.34. The minimum absolute atomic E-state index is 0.875. The van der Waals surface area contributed by atoms with Crippen molar-refractivity contribution in [3.63, 3.8) is 0 Å². The quantitative estimate of drug-likeness (QED) is 0.707. The van der Waals surface area contributed by atoms with Crippen LogP contribution in [-0.4, -0.2) is 0 Å². The van der Waals surface area contributed by atoms with Gasteiger partial charge in [-0.25, -0.2) is 0 Å². The van der Waals surface area contributed by atoms with E-state index in [1.165, 1.54) is 16.2 Å². The third-order valence-electron chi connectivity index (χ3n) is 1.43. The lowest BCUT2D eigenvalue weighted by atomic mass is 10.3. The topological polar surface area (TPSA) is 0 Å². The van der Waals surface area contributed by atoms with Gasteiger partial charge in [-0.1, -0.05) is 40.9 Å². The molecule has 0 bridgehead atoms. The summed E-state index contributed by atoms with van der Waals surface area (Å²) in [5, 5.41) is 1.79. The van der Waals surface area contributed by atoms with Gasteiger partial charge in [-0.2, -0.15) is 0 Å². The van der Waals surface area contributed by atoms with Crippen molar-refractivity contribution in [2.75, 3.05) is 0 Å². The van der Waals surface area contributed by atoms with Gasteiger partial charge in [0.25, 0.3) is 0 Å². The third-order valence-corrected chi connectivity index (χ3v) is 4.00. The predicted molar refractivity (Wildman–Crippen MR) is 56.0 cm³/mol. The van der Waals surface area contributed by atoms with Crippen LogP contribution in [0, 0.1) is 0 Å². The molecule has 0 saturated carbocycles. The van der Waals surface area contributed by atoms with Gasteiger partial charge in [0.1, 0.15) is 0 Å². The van der Waals surface area contributed by atoms with Gasteiger partial charge in [0.15, 0.2) is 0 Å². The summed E-state index contributed by atoms with van der Waals surface area (Å²) in [5.41, 5.74) is 0. The molecule has 1 rings (SSSR count). The molecule has 3 heteroatoms. The SMILES string of the molecule is CCCc1cc(Cl)c(CBr)s1. The lowest BCUT2D eigenvalue weighted by Crippen LogP contribution is -1.72. The molecular formula is C8H10BrClS. The van der Waals surface area contributed by atoms with Crippen LogP contribution in [0.2, 0.25) is 5.02 Å². The normalized spacial score (nSPS) is 10.5. The first-order chi connectivity index (χ1) is 5.27. The molecule has 0 aromatic carbocycles. The number of hydrogen-bond acceptors (Lipinski definition) is 1. The zero-order chi connectivity index (χ0) is 8.27. The molecule has 0 nitrogen and oxygen atoms in total. The van der Waals surface area contributed by atoms with Crippen molar-refractivity contribution in [1.82, 2.24) is 0 Å². The Hall–Kier alpha value is 0.470. The van der Waals surface area contributed by atoms with Crippen molar-refractivity contribution in [3.05, 3.63) is 20.8 Å². The molecule has 0 aliphatic carbocycles. The fourth-order valence-corrected chi connectivity index (χ4v) is 3.12. The summed E-state index contributed by atoms with van der Waals surface area (Å²) >= 11 is 11.2. The lowest BCUT2D eigenvalue weighted by molar-refractivity contribution is 0.940. The van der Waals surface area contributed by atoms with Crippen LogP contribution in [0.3, 0.4) is 0 Å². The van der Waals surface area contributed by atoms with E-state index in [9.17, 15) is 0 Å². The van der Waals surface area contributed by atoms with Gasteiger partial charge in [0.2, 0.25) is 0 Å². The Morgan fingerprint density at radius 1 is 1.64 bits per heavy atom. The Labute approximate surface area is 84.7 Å². The smallest absolute Gasteiger partial charge is 0.0556 e. The minimum Gasteiger partial charge on any atom is -0.143 e. The highest BCUT2D eigenvalue weighted by Crippen LogP contribution is 2.29. The second-order valence-corrected chi connectivity index (χ2v) is 4.56. The van der Waals surface area contributed by atoms with Crippen LogP contribution in [-0.2, 0) is 11.8 Å². The molecule has 62 valence electrons. The van der Waals surface area contributed by atoms with Crippen LogP contribution in [0.4, 0.5) is 0 Å². The molecule has 1 aromatic heterocycles. The van der Waals surface area contributed by atoms with Crippen molar-refractivity contribution in [3.8, 4) is 0 Å². The van der Waals surface area contributed by atoms with E-state index in [0.29, 0.717) is 0 Å². The van der Waals surface area contributed by atoms with E-state index >= 15 is 0 Å². The van der Waals surface area contributed by atoms with E-state index in [1.807, 2.05) is 0 Å². The largest absolute Gasteiger partial charge is 0.143 e. The summed E-state index contributed by atoms with van der Waals surface area (Å²) < 4.78 is 0. The van der Waals surface area contributed by atoms with Gasteiger partial charge in [-0.05, 0) is 12.5 Å². The fourth-order valence-electron chi connectivity index (χ4n) is 0.919. The molecule has 0 spiro atoms. The number of thiophene rings is 1. The van der Waals surface area contributed by atoms with Crippen molar-refractivity contribution in [1.29, 1.82) is 0 Å². The first-order valence-electron chi connectivity index (χ1n) is 3.61. The molecule has 1 heterocycles. The van der Waals surface area contributed by atoms with E-state index in [4.69, 9.17) is 11.6 Å². The van der Waals surface area contributed by atoms with Crippen LogP contribution in [0.15, 0.2) is 6.07 Å². The summed E-state index contributed by atoms with van der Waals surface area (Å²) in [6.45, 7) is 2.18. The molecule has 0 N–H and O–H groups in total. The van der Waals surface area contributed by atoms with Gasteiger partial charge in [-0.3, -0.25) is 0 Å². The first kappa shape index (κ1) is 9.56. The van der Waals surface area contributed by atoms with Crippen LogP contribution in [0.1, 0.15) is 23.1 Å². The minimum atomic E-state index is 0.875. The van der Waals surface area contributed by atoms with E-state index in [0.717, 1.165) is 16.8 Å². The highest BCUT2D eigenvalue weighted by molar-refractivity contribution is 9.08. The number of halogens is 2. The Morgan fingerprint density at radius 3 is 2.82 bits per heavy atom. The third kappa shape index (κ3) is 2.46. The molecule has 0 radical (unpaired) electrons. The van der Waals surface area contributed by atoms with Crippen molar-refractivity contribution >= 4 is 38.9 Å². The molecule has 0 saturated heterocycles.